The van der Waals surface area contributed by atoms with Crippen LogP contribution < -0.4 is 5.48 Å². The maximum atomic E-state index is 12.6. The van der Waals surface area contributed by atoms with Crippen molar-refractivity contribution < 1.29 is 18.9 Å². The summed E-state index contributed by atoms with van der Waals surface area (Å²) in [7, 11) is 0.513. The van der Waals surface area contributed by atoms with E-state index in [9.17, 15) is 14.1 Å². The lowest BCUT2D eigenvalue weighted by atomic mass is 9.78. The van der Waals surface area contributed by atoms with Gasteiger partial charge in [-0.3, -0.25) is 15.1 Å². The molecule has 0 radical (unpaired) electrons. The fourth-order valence-corrected chi connectivity index (χ4v) is 5.57. The number of nitrogens with one attached hydrogen (secondary N) is 1. The van der Waals surface area contributed by atoms with Gasteiger partial charge in [0, 0.05) is 29.2 Å². The van der Waals surface area contributed by atoms with Crippen LogP contribution in [0.2, 0.25) is 0 Å². The number of ketones is 1. The zero-order valence-corrected chi connectivity index (χ0v) is 15.3. The Kier molecular flexibility index (Phi) is 7.20. The van der Waals surface area contributed by atoms with Crippen LogP contribution in [0.3, 0.4) is 0 Å². The minimum Gasteiger partial charge on any atom is -0.388 e. The Morgan fingerprint density at radius 2 is 2.30 bits per heavy atom. The standard InChI is InChI=1S/C16H25NO4S2/c1-3-13(17-21-4-2)16-14(18)8-12(9-15(16)19)11-6-5-7-23(10-11)22-20/h6,12,14,17-18H,3-5,7-10H2,1-2H3. The van der Waals surface area contributed by atoms with Crippen molar-refractivity contribution in [2.24, 2.45) is 5.92 Å². The van der Waals surface area contributed by atoms with Crippen LogP contribution in [0.15, 0.2) is 22.9 Å². The lowest BCUT2D eigenvalue weighted by molar-refractivity contribution is -0.119. The third kappa shape index (κ3) is 4.62. The van der Waals surface area contributed by atoms with Gasteiger partial charge >= 0.3 is 0 Å². The van der Waals surface area contributed by atoms with Crippen molar-refractivity contribution in [3.8, 4) is 0 Å². The molecule has 130 valence electrons. The van der Waals surface area contributed by atoms with E-state index in [1.807, 2.05) is 13.8 Å². The number of hydrogen-bond donors (Lipinski definition) is 2. The van der Waals surface area contributed by atoms with Gasteiger partial charge in [-0.15, -0.1) is 0 Å². The lowest BCUT2D eigenvalue weighted by Crippen LogP contribution is -2.35. The van der Waals surface area contributed by atoms with Crippen molar-refractivity contribution in [3.63, 3.8) is 0 Å². The largest absolute Gasteiger partial charge is 0.388 e. The molecule has 0 aromatic heterocycles. The van der Waals surface area contributed by atoms with Crippen LogP contribution in [0.25, 0.3) is 0 Å². The molecular formula is C16H25NO4S2. The van der Waals surface area contributed by atoms with Gasteiger partial charge < -0.3 is 5.11 Å². The Hall–Kier alpha value is -0.760. The molecule has 23 heavy (non-hydrogen) atoms. The molecule has 0 aromatic carbocycles. The van der Waals surface area contributed by atoms with Gasteiger partial charge in [0.05, 0.1) is 12.7 Å². The maximum Gasteiger partial charge on any atom is 0.163 e. The summed E-state index contributed by atoms with van der Waals surface area (Å²) in [6.45, 7) is 4.29. The highest BCUT2D eigenvalue weighted by molar-refractivity contribution is 8.31. The van der Waals surface area contributed by atoms with E-state index in [2.05, 4.69) is 11.6 Å². The first kappa shape index (κ1) is 18.6. The summed E-state index contributed by atoms with van der Waals surface area (Å²) in [5, 5.41) is 10.5. The smallest absolute Gasteiger partial charge is 0.163 e. The number of carbonyl (C=O) groups excluding carboxylic acids is 1. The zero-order valence-electron chi connectivity index (χ0n) is 13.7. The van der Waals surface area contributed by atoms with Gasteiger partial charge in [0.1, 0.15) is 10.2 Å². The second-order valence-electron chi connectivity index (χ2n) is 5.78. The van der Waals surface area contributed by atoms with E-state index in [0.29, 0.717) is 47.4 Å². The van der Waals surface area contributed by atoms with Crippen molar-refractivity contribution >= 4 is 25.5 Å². The highest BCUT2D eigenvalue weighted by Gasteiger charge is 2.35. The first-order valence-corrected chi connectivity index (χ1v) is 10.9. The van der Waals surface area contributed by atoms with Crippen LogP contribution in [0.1, 0.15) is 39.5 Å². The van der Waals surface area contributed by atoms with Gasteiger partial charge in [-0.25, -0.2) is 4.21 Å². The lowest BCUT2D eigenvalue weighted by Gasteiger charge is -2.32. The third-order valence-corrected chi connectivity index (χ3v) is 7.26. The highest BCUT2D eigenvalue weighted by Crippen LogP contribution is 2.34. The van der Waals surface area contributed by atoms with Gasteiger partial charge in [0.25, 0.3) is 0 Å². The average molecular weight is 360 g/mol. The molecule has 2 rings (SSSR count). The molecule has 3 unspecified atom stereocenters. The number of carbonyl (C=O) groups is 1. The van der Waals surface area contributed by atoms with E-state index in [0.717, 1.165) is 17.9 Å². The van der Waals surface area contributed by atoms with E-state index in [-0.39, 0.29) is 21.2 Å². The number of aliphatic hydroxyl groups is 1. The molecule has 2 N–H and O–H groups in total. The molecule has 0 saturated heterocycles. The SMILES string of the molecule is CCONC(CC)=C1C(=O)CC(C2=CCCS(=S=O)C2)CC1O. The first-order chi connectivity index (χ1) is 11.1. The zero-order chi connectivity index (χ0) is 16.8. The van der Waals surface area contributed by atoms with Gasteiger partial charge in [0.2, 0.25) is 0 Å². The van der Waals surface area contributed by atoms with Gasteiger partial charge in [-0.2, -0.15) is 0 Å². The molecular weight excluding hydrogens is 334 g/mol. The van der Waals surface area contributed by atoms with E-state index in [4.69, 9.17) is 4.84 Å². The number of hydroxylamine groups is 1. The summed E-state index contributed by atoms with van der Waals surface area (Å²) in [4.78, 5) is 17.8. The van der Waals surface area contributed by atoms with E-state index >= 15 is 0 Å². The van der Waals surface area contributed by atoms with Crippen LogP contribution in [0.5, 0.6) is 0 Å². The summed E-state index contributed by atoms with van der Waals surface area (Å²) >= 11 is 0. The molecule has 7 heteroatoms. The van der Waals surface area contributed by atoms with Crippen LogP contribution in [-0.4, -0.2) is 39.3 Å². The van der Waals surface area contributed by atoms with Crippen LogP contribution in [0.4, 0.5) is 0 Å². The second-order valence-corrected chi connectivity index (χ2v) is 9.32. The summed E-state index contributed by atoms with van der Waals surface area (Å²) in [6, 6.07) is 0. The van der Waals surface area contributed by atoms with Crippen molar-refractivity contribution in [2.45, 2.75) is 45.6 Å². The fourth-order valence-electron chi connectivity index (χ4n) is 3.15. The fraction of sp³-hybridized carbons (Fsp3) is 0.688. The number of aliphatic hydroxyl groups excluding tert-OH is 1. The molecule has 2 aliphatic rings. The van der Waals surface area contributed by atoms with Gasteiger partial charge in [0.15, 0.2) is 5.78 Å². The molecule has 1 fully saturated rings. The van der Waals surface area contributed by atoms with Crippen molar-refractivity contribution in [1.29, 1.82) is 0 Å². The Bertz CT molecular complexity index is 579. The Morgan fingerprint density at radius 1 is 1.52 bits per heavy atom. The second kappa shape index (κ2) is 8.92. The molecule has 0 spiro atoms. The minimum atomic E-state index is -0.770. The minimum absolute atomic E-state index is 0.0149. The Labute approximate surface area is 142 Å². The number of allylic oxidation sites excluding steroid dienone is 2. The maximum absolute atomic E-state index is 12.6. The summed E-state index contributed by atoms with van der Waals surface area (Å²) in [5.74, 6) is 1.76. The van der Waals surface area contributed by atoms with Crippen LogP contribution in [-0.2, 0) is 29.3 Å². The van der Waals surface area contributed by atoms with Gasteiger partial charge in [-0.05, 0) is 32.1 Å². The van der Waals surface area contributed by atoms with Crippen molar-refractivity contribution in [3.05, 3.63) is 22.9 Å². The molecule has 0 aromatic rings. The monoisotopic (exact) mass is 359 g/mol. The summed E-state index contributed by atoms with van der Waals surface area (Å²) in [6.07, 6.45) is 3.87. The highest BCUT2D eigenvalue weighted by atomic mass is 32.8. The molecule has 0 bridgehead atoms. The van der Waals surface area contributed by atoms with Gasteiger partial charge in [-0.1, -0.05) is 28.0 Å². The van der Waals surface area contributed by atoms with E-state index < -0.39 is 6.10 Å². The van der Waals surface area contributed by atoms with Crippen LogP contribution in [0, 0.1) is 5.92 Å². The molecule has 3 atom stereocenters. The topological polar surface area (TPSA) is 75.6 Å². The van der Waals surface area contributed by atoms with Crippen LogP contribution >= 0.6 is 0 Å². The average Bonchev–Trinajstić information content (AvgIpc) is 2.57. The molecule has 1 aliphatic heterocycles. The molecule has 1 aliphatic carbocycles. The van der Waals surface area contributed by atoms with Crippen molar-refractivity contribution in [2.75, 3.05) is 18.1 Å². The normalized spacial score (nSPS) is 30.7. The third-order valence-electron chi connectivity index (χ3n) is 4.29. The number of hydrogen-bond acceptors (Lipinski definition) is 5. The molecule has 1 saturated carbocycles. The molecule has 0 amide bonds. The predicted octanol–water partition coefficient (Wildman–Crippen LogP) is 1.61. The Morgan fingerprint density at radius 3 is 2.91 bits per heavy atom. The first-order valence-electron chi connectivity index (χ1n) is 8.09. The molecule has 5 nitrogen and oxygen atoms in total. The predicted molar refractivity (Wildman–Crippen MR) is 93.8 cm³/mol. The molecule has 1 heterocycles. The van der Waals surface area contributed by atoms with E-state index in [1.165, 1.54) is 5.57 Å². The Balaban J connectivity index is 2.16. The van der Waals surface area contributed by atoms with Crippen molar-refractivity contribution in [1.82, 2.24) is 5.48 Å². The van der Waals surface area contributed by atoms with E-state index in [1.54, 1.807) is 0 Å². The number of rotatable bonds is 5. The summed E-state index contributed by atoms with van der Waals surface area (Å²) < 4.78 is 11.1. The quantitative estimate of drug-likeness (QED) is 0.443. The number of Topliss-reactive ketones (excluding diaryl/α,β-unsaturated/α-hetero) is 1. The summed E-state index contributed by atoms with van der Waals surface area (Å²) in [5.41, 5.74) is 5.13.